The molecule has 1 aromatic carbocycles. The van der Waals surface area contributed by atoms with E-state index in [4.69, 9.17) is 10.5 Å². The molecule has 0 aliphatic heterocycles. The van der Waals surface area contributed by atoms with Gasteiger partial charge in [-0.05, 0) is 62.9 Å². The first-order valence-electron chi connectivity index (χ1n) is 12.1. The Morgan fingerprint density at radius 2 is 1.95 bits per heavy atom. The van der Waals surface area contributed by atoms with Crippen LogP contribution >= 0.6 is 0 Å². The van der Waals surface area contributed by atoms with Crippen LogP contribution in [0.2, 0.25) is 0 Å². The van der Waals surface area contributed by atoms with Gasteiger partial charge >= 0.3 is 0 Å². The van der Waals surface area contributed by atoms with Gasteiger partial charge < -0.3 is 20.1 Å². The van der Waals surface area contributed by atoms with E-state index < -0.39 is 29.7 Å². The van der Waals surface area contributed by atoms with Crippen molar-refractivity contribution in [1.29, 1.82) is 0 Å². The second-order valence-electron chi connectivity index (χ2n) is 9.93. The lowest BCUT2D eigenvalue weighted by Crippen LogP contribution is -2.30. The van der Waals surface area contributed by atoms with E-state index in [-0.39, 0.29) is 11.4 Å². The van der Waals surface area contributed by atoms with Crippen LogP contribution in [-0.4, -0.2) is 36.5 Å². The van der Waals surface area contributed by atoms with Gasteiger partial charge in [-0.2, -0.15) is 0 Å². The number of hydrogen-bond donors (Lipinski definition) is 2. The number of ether oxygens (including phenoxy) is 1. The Morgan fingerprint density at radius 3 is 2.68 bits per heavy atom. The minimum absolute atomic E-state index is 0.125. The summed E-state index contributed by atoms with van der Waals surface area (Å²) in [5, 5.41) is 11.8. The van der Waals surface area contributed by atoms with Gasteiger partial charge in [0.15, 0.2) is 5.79 Å². The van der Waals surface area contributed by atoms with E-state index in [0.717, 1.165) is 11.0 Å². The third kappa shape index (κ3) is 4.91. The van der Waals surface area contributed by atoms with Crippen molar-refractivity contribution in [3.63, 3.8) is 0 Å². The van der Waals surface area contributed by atoms with Crippen molar-refractivity contribution in [1.82, 2.24) is 19.5 Å². The van der Waals surface area contributed by atoms with E-state index in [1.54, 1.807) is 20.8 Å². The van der Waals surface area contributed by atoms with Gasteiger partial charge in [0.1, 0.15) is 23.6 Å². The smallest absolute Gasteiger partial charge is 0.266 e. The Bertz CT molecular complexity index is 1510. The number of aromatic nitrogens is 4. The summed E-state index contributed by atoms with van der Waals surface area (Å²) in [6, 6.07) is 4.46. The number of nitrogens with two attached hydrogens (primary N) is 1. The summed E-state index contributed by atoms with van der Waals surface area (Å²) in [5.41, 5.74) is 8.10. The fraction of sp³-hybridized carbons (Fsp3) is 0.370. The van der Waals surface area contributed by atoms with Crippen molar-refractivity contribution >= 4 is 27.6 Å². The number of fused-ring (bicyclic) bond motifs is 2. The molecule has 1 aliphatic carbocycles. The number of allylic oxidation sites excluding steroid dienone is 1. The Morgan fingerprint density at radius 1 is 1.16 bits per heavy atom. The normalized spacial score (nSPS) is 18.3. The fourth-order valence-electron chi connectivity index (χ4n) is 5.09. The Kier molecular flexibility index (Phi) is 6.41. The summed E-state index contributed by atoms with van der Waals surface area (Å²) in [6.07, 6.45) is 4.91. The van der Waals surface area contributed by atoms with Gasteiger partial charge in [0.2, 0.25) is 0 Å². The van der Waals surface area contributed by atoms with Crippen LogP contribution in [0.25, 0.3) is 21.8 Å². The number of alkyl halides is 2. The van der Waals surface area contributed by atoms with Gasteiger partial charge in [-0.3, -0.25) is 4.98 Å². The van der Waals surface area contributed by atoms with Gasteiger partial charge in [0.05, 0.1) is 23.1 Å². The number of aryl methyl sites for hydroxylation is 2. The van der Waals surface area contributed by atoms with E-state index in [1.165, 1.54) is 24.7 Å². The highest BCUT2D eigenvalue weighted by Crippen LogP contribution is 2.38. The highest BCUT2D eigenvalue weighted by Gasteiger charge is 2.33. The van der Waals surface area contributed by atoms with Gasteiger partial charge in [0.25, 0.3) is 6.43 Å². The highest BCUT2D eigenvalue weighted by molar-refractivity contribution is 5.87. The molecule has 0 unspecified atom stereocenters. The van der Waals surface area contributed by atoms with Crippen LogP contribution in [0.3, 0.4) is 0 Å². The molecule has 3 N–H and O–H groups in total. The van der Waals surface area contributed by atoms with Crippen molar-refractivity contribution in [2.24, 2.45) is 0 Å². The molecule has 37 heavy (non-hydrogen) atoms. The van der Waals surface area contributed by atoms with E-state index in [2.05, 4.69) is 21.0 Å². The average molecular weight is 512 g/mol. The molecule has 3 heterocycles. The minimum atomic E-state index is -2.94. The summed E-state index contributed by atoms with van der Waals surface area (Å²) in [5.74, 6) is -1.91. The predicted octanol–water partition coefficient (Wildman–Crippen LogP) is 5.56. The first-order chi connectivity index (χ1) is 17.5. The molecule has 0 amide bonds. The monoisotopic (exact) mass is 511 g/mol. The van der Waals surface area contributed by atoms with Crippen LogP contribution in [-0.2, 0) is 11.2 Å². The number of halogens is 3. The van der Waals surface area contributed by atoms with Crippen LogP contribution in [0.5, 0.6) is 0 Å². The van der Waals surface area contributed by atoms with Crippen LogP contribution in [0.4, 0.5) is 19.0 Å². The van der Waals surface area contributed by atoms with Crippen molar-refractivity contribution in [2.45, 2.75) is 64.4 Å². The number of nitrogens with zero attached hydrogens (tertiary/aromatic N) is 4. The summed E-state index contributed by atoms with van der Waals surface area (Å²) in [6.45, 7) is 4.82. The zero-order valence-corrected chi connectivity index (χ0v) is 20.8. The first kappa shape index (κ1) is 25.2. The lowest BCUT2D eigenvalue weighted by molar-refractivity contribution is -0.197. The topological polar surface area (TPSA) is 99.1 Å². The molecule has 5 rings (SSSR count). The van der Waals surface area contributed by atoms with E-state index in [0.29, 0.717) is 47.4 Å². The maximum Gasteiger partial charge on any atom is 0.266 e. The lowest BCUT2D eigenvalue weighted by Gasteiger charge is -2.26. The molecular weight excluding hydrogens is 483 g/mol. The second kappa shape index (κ2) is 9.42. The molecule has 0 saturated carbocycles. The lowest BCUT2D eigenvalue weighted by atomic mass is 9.95. The number of rotatable bonds is 7. The van der Waals surface area contributed by atoms with Gasteiger partial charge in [-0.1, -0.05) is 6.08 Å². The average Bonchev–Trinajstić information content (AvgIpc) is 3.42. The molecule has 0 saturated heterocycles. The summed E-state index contributed by atoms with van der Waals surface area (Å²) < 4.78 is 50.1. The van der Waals surface area contributed by atoms with Crippen molar-refractivity contribution in [3.05, 3.63) is 71.2 Å². The summed E-state index contributed by atoms with van der Waals surface area (Å²) in [7, 11) is 0. The summed E-state index contributed by atoms with van der Waals surface area (Å²) in [4.78, 5) is 12.7. The second-order valence-corrected chi connectivity index (χ2v) is 9.93. The number of nitrogen functional groups attached to an aromatic ring is 1. The molecule has 3 aromatic heterocycles. The van der Waals surface area contributed by atoms with E-state index in [1.807, 2.05) is 16.8 Å². The number of anilines is 1. The largest absolute Gasteiger partial charge is 0.383 e. The van der Waals surface area contributed by atoms with E-state index in [9.17, 15) is 18.3 Å². The maximum atomic E-state index is 14.8. The van der Waals surface area contributed by atoms with Crippen LogP contribution < -0.4 is 5.73 Å². The highest BCUT2D eigenvalue weighted by atomic mass is 19.3. The van der Waals surface area contributed by atoms with Gasteiger partial charge in [-0.15, -0.1) is 0 Å². The molecule has 4 aromatic rings. The number of hydrogen-bond acceptors (Lipinski definition) is 6. The van der Waals surface area contributed by atoms with Crippen molar-refractivity contribution in [2.75, 3.05) is 5.73 Å². The SMILES string of the molecule is Cc1cc2c(F)c(C(F)F)cc(CCC3=C[C@@H](n4ccc5c(N)ncnc54)C[C@@H]3OC(C)(C)O)c2cn1. The first-order valence-corrected chi connectivity index (χ1v) is 12.1. The molecule has 10 heteroatoms. The molecule has 194 valence electrons. The number of aliphatic hydroxyl groups is 1. The van der Waals surface area contributed by atoms with Gasteiger partial charge in [0, 0.05) is 35.3 Å². The van der Waals surface area contributed by atoms with Crippen LogP contribution in [0.15, 0.2) is 48.6 Å². The fourth-order valence-corrected chi connectivity index (χ4v) is 5.09. The zero-order valence-electron chi connectivity index (χ0n) is 20.8. The maximum absolute atomic E-state index is 14.8. The molecule has 0 bridgehead atoms. The predicted molar refractivity (Wildman–Crippen MR) is 135 cm³/mol. The quantitative estimate of drug-likeness (QED) is 0.249. The molecule has 7 nitrogen and oxygen atoms in total. The third-order valence-corrected chi connectivity index (χ3v) is 6.73. The van der Waals surface area contributed by atoms with Crippen molar-refractivity contribution < 1.29 is 23.0 Å². The van der Waals surface area contributed by atoms with Crippen LogP contribution in [0, 0.1) is 12.7 Å². The van der Waals surface area contributed by atoms with Crippen LogP contribution in [0.1, 0.15) is 56.0 Å². The summed E-state index contributed by atoms with van der Waals surface area (Å²) >= 11 is 0. The van der Waals surface area contributed by atoms with Crippen molar-refractivity contribution in [3.8, 4) is 0 Å². The molecule has 0 spiro atoms. The number of benzene rings is 1. The molecular formula is C27H28F3N5O2. The van der Waals surface area contributed by atoms with E-state index >= 15 is 0 Å². The Balaban J connectivity index is 1.50. The Labute approximate surface area is 211 Å². The zero-order chi connectivity index (χ0) is 26.5. The number of pyridine rings is 1. The Hall–Kier alpha value is -3.50. The molecule has 2 atom stereocenters. The molecule has 1 aliphatic rings. The standard InChI is InChI=1S/C27H28F3N5O2/c1-14-8-19-21(12-32-14)15(10-20(23(19)28)24(29)30)4-5-16-9-17(11-22(16)37-27(2,3)36)35-7-6-18-25(31)33-13-34-26(18)35/h6-10,12-13,17,22,24,36H,4-5,11H2,1-3H3,(H2,31,33,34)/t17-,22+/m1/s1. The van der Waals surface area contributed by atoms with Gasteiger partial charge in [-0.25, -0.2) is 23.1 Å². The minimum Gasteiger partial charge on any atom is -0.383 e. The molecule has 0 radical (unpaired) electrons. The third-order valence-electron chi connectivity index (χ3n) is 6.73. The molecule has 0 fully saturated rings.